The van der Waals surface area contributed by atoms with E-state index >= 15 is 0 Å². The van der Waals surface area contributed by atoms with E-state index in [0.717, 1.165) is 5.69 Å². The summed E-state index contributed by atoms with van der Waals surface area (Å²) in [6.45, 7) is 11.3. The third-order valence-corrected chi connectivity index (χ3v) is 5.54. The van der Waals surface area contributed by atoms with Crippen LogP contribution < -0.4 is 5.32 Å². The largest absolute Gasteiger partial charge is 0.379 e. The van der Waals surface area contributed by atoms with Crippen molar-refractivity contribution < 1.29 is 0 Å². The number of anilines is 1. The van der Waals surface area contributed by atoms with Crippen LogP contribution in [0.4, 0.5) is 5.69 Å². The molecule has 3 rings (SSSR count). The SMILES string of the molecule is CC1=C(C)C(c2ccccc2C(C)Nc2ccccc2)C(C)=C1C. The van der Waals surface area contributed by atoms with E-state index in [1.807, 2.05) is 0 Å². The van der Waals surface area contributed by atoms with E-state index in [2.05, 4.69) is 94.5 Å². The summed E-state index contributed by atoms with van der Waals surface area (Å²) in [5, 5.41) is 3.64. The third kappa shape index (κ3) is 2.91. The van der Waals surface area contributed by atoms with Gasteiger partial charge in [0.25, 0.3) is 0 Å². The van der Waals surface area contributed by atoms with Crippen molar-refractivity contribution >= 4 is 5.69 Å². The molecule has 1 unspecified atom stereocenters. The third-order valence-electron chi connectivity index (χ3n) is 5.54. The van der Waals surface area contributed by atoms with Crippen LogP contribution in [0.1, 0.15) is 57.7 Å². The van der Waals surface area contributed by atoms with E-state index in [0.29, 0.717) is 5.92 Å². The lowest BCUT2D eigenvalue weighted by atomic mass is 9.84. The smallest absolute Gasteiger partial charge is 0.0488 e. The highest BCUT2D eigenvalue weighted by Gasteiger charge is 2.28. The van der Waals surface area contributed by atoms with Gasteiger partial charge in [0.15, 0.2) is 0 Å². The zero-order valence-electron chi connectivity index (χ0n) is 15.4. The topological polar surface area (TPSA) is 12.0 Å². The monoisotopic (exact) mass is 317 g/mol. The van der Waals surface area contributed by atoms with Crippen molar-refractivity contribution in [2.45, 2.75) is 46.6 Å². The molecule has 1 heteroatoms. The molecule has 24 heavy (non-hydrogen) atoms. The summed E-state index contributed by atoms with van der Waals surface area (Å²) in [5.74, 6) is 0.418. The summed E-state index contributed by atoms with van der Waals surface area (Å²) >= 11 is 0. The molecule has 124 valence electrons. The lowest BCUT2D eigenvalue weighted by Crippen LogP contribution is -2.12. The Kier molecular flexibility index (Phi) is 4.62. The molecular formula is C23H27N. The second kappa shape index (κ2) is 6.68. The number of hydrogen-bond donors (Lipinski definition) is 1. The van der Waals surface area contributed by atoms with Crippen molar-refractivity contribution in [2.75, 3.05) is 5.32 Å². The number of benzene rings is 2. The predicted octanol–water partition coefficient (Wildman–Crippen LogP) is 6.63. The van der Waals surface area contributed by atoms with Crippen LogP contribution in [0.25, 0.3) is 0 Å². The number of allylic oxidation sites excluding steroid dienone is 4. The van der Waals surface area contributed by atoms with Crippen LogP contribution in [0.15, 0.2) is 76.9 Å². The molecule has 0 aromatic heterocycles. The highest BCUT2D eigenvalue weighted by Crippen LogP contribution is 2.45. The average Bonchev–Trinajstić information content (AvgIpc) is 2.79. The highest BCUT2D eigenvalue weighted by atomic mass is 14.9. The molecule has 1 aliphatic carbocycles. The Morgan fingerprint density at radius 1 is 0.750 bits per heavy atom. The fraction of sp³-hybridized carbons (Fsp3) is 0.304. The summed E-state index contributed by atoms with van der Waals surface area (Å²) in [6, 6.07) is 19.6. The van der Waals surface area contributed by atoms with E-state index in [4.69, 9.17) is 0 Å². The van der Waals surface area contributed by atoms with Crippen molar-refractivity contribution in [3.05, 3.63) is 88.0 Å². The van der Waals surface area contributed by atoms with E-state index in [-0.39, 0.29) is 6.04 Å². The molecule has 0 bridgehead atoms. The minimum Gasteiger partial charge on any atom is -0.379 e. The number of hydrogen-bond acceptors (Lipinski definition) is 1. The minimum atomic E-state index is 0.269. The van der Waals surface area contributed by atoms with E-state index in [9.17, 15) is 0 Å². The molecule has 1 atom stereocenters. The van der Waals surface area contributed by atoms with Gasteiger partial charge in [-0.1, -0.05) is 53.6 Å². The second-order valence-electron chi connectivity index (χ2n) is 6.91. The number of nitrogens with one attached hydrogen (secondary N) is 1. The standard InChI is InChI=1S/C23H27N/c1-15-16(2)18(4)23(17(15)3)22-14-10-9-13-21(22)19(5)24-20-11-7-6-8-12-20/h6-14,19,23-24H,1-5H3. The first kappa shape index (κ1) is 16.6. The first-order valence-electron chi connectivity index (χ1n) is 8.76. The Hall–Kier alpha value is -2.28. The van der Waals surface area contributed by atoms with Gasteiger partial charge in [-0.25, -0.2) is 0 Å². The van der Waals surface area contributed by atoms with Gasteiger partial charge < -0.3 is 5.32 Å². The van der Waals surface area contributed by atoms with Crippen LogP contribution in [-0.4, -0.2) is 0 Å². The fourth-order valence-electron chi connectivity index (χ4n) is 3.85. The predicted molar refractivity (Wildman–Crippen MR) is 104 cm³/mol. The Bertz CT molecular complexity index is 772. The van der Waals surface area contributed by atoms with E-state index in [1.54, 1.807) is 0 Å². The lowest BCUT2D eigenvalue weighted by molar-refractivity contribution is 0.831. The molecule has 0 heterocycles. The number of para-hydroxylation sites is 1. The van der Waals surface area contributed by atoms with Crippen molar-refractivity contribution in [3.8, 4) is 0 Å². The molecule has 0 amide bonds. The van der Waals surface area contributed by atoms with Gasteiger partial charge >= 0.3 is 0 Å². The minimum absolute atomic E-state index is 0.269. The van der Waals surface area contributed by atoms with E-state index < -0.39 is 0 Å². The van der Waals surface area contributed by atoms with Crippen LogP contribution in [0.3, 0.4) is 0 Å². The Balaban J connectivity index is 1.98. The molecule has 0 saturated carbocycles. The Morgan fingerprint density at radius 3 is 1.92 bits per heavy atom. The van der Waals surface area contributed by atoms with Crippen LogP contribution in [0.2, 0.25) is 0 Å². The molecular weight excluding hydrogens is 290 g/mol. The maximum Gasteiger partial charge on any atom is 0.0488 e. The van der Waals surface area contributed by atoms with Crippen LogP contribution in [-0.2, 0) is 0 Å². The van der Waals surface area contributed by atoms with Gasteiger partial charge in [-0.2, -0.15) is 0 Å². The summed E-state index contributed by atoms with van der Waals surface area (Å²) in [7, 11) is 0. The molecule has 2 aromatic rings. The summed E-state index contributed by atoms with van der Waals surface area (Å²) in [6.07, 6.45) is 0. The van der Waals surface area contributed by atoms with Crippen molar-refractivity contribution in [1.29, 1.82) is 0 Å². The molecule has 2 aromatic carbocycles. The van der Waals surface area contributed by atoms with Gasteiger partial charge in [-0.15, -0.1) is 0 Å². The fourth-order valence-corrected chi connectivity index (χ4v) is 3.85. The zero-order chi connectivity index (χ0) is 17.3. The maximum atomic E-state index is 3.64. The summed E-state index contributed by atoms with van der Waals surface area (Å²) in [5.41, 5.74) is 9.87. The molecule has 0 radical (unpaired) electrons. The first-order valence-corrected chi connectivity index (χ1v) is 8.76. The van der Waals surface area contributed by atoms with Crippen LogP contribution in [0.5, 0.6) is 0 Å². The maximum absolute atomic E-state index is 3.64. The van der Waals surface area contributed by atoms with Gasteiger partial charge in [0.1, 0.15) is 0 Å². The Labute approximate surface area is 146 Å². The zero-order valence-corrected chi connectivity index (χ0v) is 15.4. The van der Waals surface area contributed by atoms with Crippen LogP contribution >= 0.6 is 0 Å². The van der Waals surface area contributed by atoms with Gasteiger partial charge in [0, 0.05) is 17.6 Å². The molecule has 0 aliphatic heterocycles. The normalized spacial score (nSPS) is 16.7. The Morgan fingerprint density at radius 2 is 1.29 bits per heavy atom. The van der Waals surface area contributed by atoms with Gasteiger partial charge in [0.05, 0.1) is 0 Å². The van der Waals surface area contributed by atoms with Crippen LogP contribution in [0, 0.1) is 0 Å². The highest BCUT2D eigenvalue weighted by molar-refractivity contribution is 5.56. The molecule has 0 saturated heterocycles. The lowest BCUT2D eigenvalue weighted by Gasteiger charge is -2.24. The average molecular weight is 317 g/mol. The van der Waals surface area contributed by atoms with Crippen molar-refractivity contribution in [1.82, 2.24) is 0 Å². The van der Waals surface area contributed by atoms with E-state index in [1.165, 1.54) is 33.4 Å². The van der Waals surface area contributed by atoms with Crippen molar-refractivity contribution in [3.63, 3.8) is 0 Å². The van der Waals surface area contributed by atoms with Gasteiger partial charge in [-0.3, -0.25) is 0 Å². The molecule has 1 nitrogen and oxygen atoms in total. The van der Waals surface area contributed by atoms with Gasteiger partial charge in [-0.05, 0) is 69.0 Å². The first-order chi connectivity index (χ1) is 11.5. The quantitative estimate of drug-likeness (QED) is 0.667. The second-order valence-corrected chi connectivity index (χ2v) is 6.91. The van der Waals surface area contributed by atoms with Crippen molar-refractivity contribution in [2.24, 2.45) is 0 Å². The van der Waals surface area contributed by atoms with Gasteiger partial charge in [0.2, 0.25) is 0 Å². The molecule has 1 N–H and O–H groups in total. The molecule has 0 spiro atoms. The molecule has 1 aliphatic rings. The number of rotatable bonds is 4. The summed E-state index contributed by atoms with van der Waals surface area (Å²) < 4.78 is 0. The molecule has 0 fully saturated rings. The summed E-state index contributed by atoms with van der Waals surface area (Å²) in [4.78, 5) is 0.